The number of nitrogens with zero attached hydrogens (tertiary/aromatic N) is 2. The highest BCUT2D eigenvalue weighted by Crippen LogP contribution is 2.29. The number of halogens is 3. The van der Waals surface area contributed by atoms with E-state index in [4.69, 9.17) is 0 Å². The zero-order valence-electron chi connectivity index (χ0n) is 10.8. The first-order valence-electron chi connectivity index (χ1n) is 5.85. The molecule has 0 aliphatic rings. The number of nitrogens with one attached hydrogen (secondary N) is 1. The van der Waals surface area contributed by atoms with Gasteiger partial charge in [0.2, 0.25) is 0 Å². The molecule has 1 N–H and O–H groups in total. The van der Waals surface area contributed by atoms with Crippen LogP contribution in [0.1, 0.15) is 29.5 Å². The second-order valence-corrected chi connectivity index (χ2v) is 5.10. The Labute approximate surface area is 113 Å². The molecule has 0 aliphatic carbocycles. The fraction of sp³-hybridized carbons (Fsp3) is 0.636. The average Bonchev–Trinajstić information content (AvgIpc) is 2.65. The molecule has 0 saturated heterocycles. The zero-order chi connectivity index (χ0) is 14.5. The fourth-order valence-corrected chi connectivity index (χ4v) is 1.97. The number of carbonyl (C=O) groups excluding carboxylic acids is 1. The molecular formula is C11H16F3N3OS. The number of hydrogen-bond donors (Lipinski definition) is 1. The quantitative estimate of drug-likeness (QED) is 0.820. The van der Waals surface area contributed by atoms with Crippen LogP contribution >= 0.6 is 11.8 Å². The van der Waals surface area contributed by atoms with Crippen molar-refractivity contribution in [2.24, 2.45) is 7.05 Å². The molecule has 19 heavy (non-hydrogen) atoms. The van der Waals surface area contributed by atoms with Gasteiger partial charge in [0, 0.05) is 19.3 Å². The van der Waals surface area contributed by atoms with Gasteiger partial charge >= 0.3 is 5.51 Å². The third kappa shape index (κ3) is 5.54. The van der Waals surface area contributed by atoms with Crippen LogP contribution in [0.2, 0.25) is 0 Å². The molecule has 0 spiro atoms. The van der Waals surface area contributed by atoms with E-state index in [1.54, 1.807) is 13.1 Å². The highest BCUT2D eigenvalue weighted by Gasteiger charge is 2.27. The summed E-state index contributed by atoms with van der Waals surface area (Å²) < 4.78 is 37.1. The normalized spacial score (nSPS) is 11.6. The van der Waals surface area contributed by atoms with Gasteiger partial charge in [0.15, 0.2) is 0 Å². The Morgan fingerprint density at radius 1 is 1.53 bits per heavy atom. The lowest BCUT2D eigenvalue weighted by molar-refractivity contribution is -0.0327. The van der Waals surface area contributed by atoms with E-state index in [2.05, 4.69) is 10.4 Å². The second kappa shape index (κ2) is 6.83. The summed E-state index contributed by atoms with van der Waals surface area (Å²) in [5.74, 6) is -0.602. The van der Waals surface area contributed by atoms with Gasteiger partial charge in [-0.2, -0.15) is 18.3 Å². The minimum Gasteiger partial charge on any atom is -0.350 e. The van der Waals surface area contributed by atoms with Gasteiger partial charge in [-0.3, -0.25) is 9.48 Å². The molecule has 4 nitrogen and oxygen atoms in total. The Morgan fingerprint density at radius 2 is 2.21 bits per heavy atom. The monoisotopic (exact) mass is 295 g/mol. The number of carbonyl (C=O) groups is 1. The summed E-state index contributed by atoms with van der Waals surface area (Å²) >= 11 is -0.149. The molecule has 1 amide bonds. The fourth-order valence-electron chi connectivity index (χ4n) is 1.54. The van der Waals surface area contributed by atoms with Gasteiger partial charge in [-0.05, 0) is 24.2 Å². The zero-order valence-corrected chi connectivity index (χ0v) is 11.6. The van der Waals surface area contributed by atoms with Crippen LogP contribution in [0.4, 0.5) is 13.2 Å². The van der Waals surface area contributed by atoms with Gasteiger partial charge < -0.3 is 5.32 Å². The van der Waals surface area contributed by atoms with E-state index in [0.717, 1.165) is 18.5 Å². The van der Waals surface area contributed by atoms with Crippen LogP contribution in [0.3, 0.4) is 0 Å². The maximum Gasteiger partial charge on any atom is 0.441 e. The number of hydrogen-bond acceptors (Lipinski definition) is 3. The summed E-state index contributed by atoms with van der Waals surface area (Å²) in [6.45, 7) is 1.97. The maximum absolute atomic E-state index is 11.9. The molecule has 0 unspecified atom stereocenters. The van der Waals surface area contributed by atoms with Crippen LogP contribution in [-0.2, 0) is 13.5 Å². The second-order valence-electron chi connectivity index (χ2n) is 3.94. The Kier molecular flexibility index (Phi) is 5.71. The van der Waals surface area contributed by atoms with E-state index in [0.29, 0.717) is 5.69 Å². The summed E-state index contributed by atoms with van der Waals surface area (Å²) in [7, 11) is 1.64. The molecule has 0 radical (unpaired) electrons. The standard InChI is InChI=1S/C11H16F3N3OS/c1-3-4-8-7-9(17(2)16-8)10(18)15-5-6-19-11(12,13)14/h7H,3-6H2,1-2H3,(H,15,18). The molecule has 0 aromatic carbocycles. The molecule has 1 aromatic heterocycles. The molecule has 0 saturated carbocycles. The average molecular weight is 295 g/mol. The van der Waals surface area contributed by atoms with Crippen LogP contribution < -0.4 is 5.32 Å². The predicted molar refractivity (Wildman–Crippen MR) is 68.0 cm³/mol. The Morgan fingerprint density at radius 3 is 2.79 bits per heavy atom. The number of rotatable bonds is 6. The Hall–Kier alpha value is -1.18. The molecule has 1 aromatic rings. The topological polar surface area (TPSA) is 46.9 Å². The third-order valence-electron chi connectivity index (χ3n) is 2.32. The van der Waals surface area contributed by atoms with E-state index >= 15 is 0 Å². The lowest BCUT2D eigenvalue weighted by Crippen LogP contribution is -2.28. The lowest BCUT2D eigenvalue weighted by atomic mass is 10.2. The van der Waals surface area contributed by atoms with Gasteiger partial charge in [-0.15, -0.1) is 0 Å². The van der Waals surface area contributed by atoms with Gasteiger partial charge in [-0.1, -0.05) is 13.3 Å². The molecule has 8 heteroatoms. The number of aromatic nitrogens is 2. The summed E-state index contributed by atoms with van der Waals surface area (Å²) in [4.78, 5) is 11.7. The van der Waals surface area contributed by atoms with Gasteiger partial charge in [-0.25, -0.2) is 0 Å². The highest BCUT2D eigenvalue weighted by atomic mass is 32.2. The summed E-state index contributed by atoms with van der Waals surface area (Å²) in [6, 6.07) is 1.66. The van der Waals surface area contributed by atoms with Crippen molar-refractivity contribution in [1.82, 2.24) is 15.1 Å². The number of aryl methyl sites for hydroxylation is 2. The van der Waals surface area contributed by atoms with Gasteiger partial charge in [0.1, 0.15) is 5.69 Å². The molecular weight excluding hydrogens is 279 g/mol. The van der Waals surface area contributed by atoms with Crippen molar-refractivity contribution < 1.29 is 18.0 Å². The van der Waals surface area contributed by atoms with E-state index < -0.39 is 11.4 Å². The van der Waals surface area contributed by atoms with E-state index in [1.165, 1.54) is 4.68 Å². The minimum atomic E-state index is -4.26. The van der Waals surface area contributed by atoms with Crippen molar-refractivity contribution in [3.05, 3.63) is 17.5 Å². The van der Waals surface area contributed by atoms with Crippen LogP contribution in [0.25, 0.3) is 0 Å². The smallest absolute Gasteiger partial charge is 0.350 e. The maximum atomic E-state index is 11.9. The predicted octanol–water partition coefficient (Wildman–Crippen LogP) is 2.36. The van der Waals surface area contributed by atoms with Crippen LogP contribution in [0, 0.1) is 0 Å². The van der Waals surface area contributed by atoms with E-state index in [9.17, 15) is 18.0 Å². The SMILES string of the molecule is CCCc1cc(C(=O)NCCSC(F)(F)F)n(C)n1. The number of amides is 1. The Balaban J connectivity index is 2.45. The third-order valence-corrected chi connectivity index (χ3v) is 3.06. The number of thioether (sulfide) groups is 1. The molecule has 1 heterocycles. The van der Waals surface area contributed by atoms with E-state index in [-0.39, 0.29) is 24.1 Å². The summed E-state index contributed by atoms with van der Waals surface area (Å²) in [5, 5.41) is 6.61. The van der Waals surface area contributed by atoms with Crippen molar-refractivity contribution >= 4 is 17.7 Å². The minimum absolute atomic E-state index is 0.0305. The molecule has 0 atom stereocenters. The molecule has 0 fully saturated rings. The Bertz CT molecular complexity index is 431. The van der Waals surface area contributed by atoms with Crippen LogP contribution in [-0.4, -0.2) is 33.5 Å². The van der Waals surface area contributed by atoms with Gasteiger partial charge in [0.25, 0.3) is 5.91 Å². The van der Waals surface area contributed by atoms with Crippen molar-refractivity contribution in [2.45, 2.75) is 25.3 Å². The molecule has 0 aliphatic heterocycles. The summed E-state index contributed by atoms with van der Waals surface area (Å²) in [6.07, 6.45) is 1.69. The highest BCUT2D eigenvalue weighted by molar-refractivity contribution is 8.00. The largest absolute Gasteiger partial charge is 0.441 e. The van der Waals surface area contributed by atoms with Crippen molar-refractivity contribution in [2.75, 3.05) is 12.3 Å². The lowest BCUT2D eigenvalue weighted by Gasteiger charge is -2.07. The first-order valence-corrected chi connectivity index (χ1v) is 6.84. The molecule has 108 valence electrons. The van der Waals surface area contributed by atoms with Crippen molar-refractivity contribution in [3.8, 4) is 0 Å². The number of alkyl halides is 3. The molecule has 0 bridgehead atoms. The summed E-state index contributed by atoms with van der Waals surface area (Å²) in [5.41, 5.74) is -3.09. The first kappa shape index (κ1) is 15.9. The van der Waals surface area contributed by atoms with Crippen molar-refractivity contribution in [1.29, 1.82) is 0 Å². The molecule has 1 rings (SSSR count). The van der Waals surface area contributed by atoms with Crippen molar-refractivity contribution in [3.63, 3.8) is 0 Å². The van der Waals surface area contributed by atoms with Gasteiger partial charge in [0.05, 0.1) is 5.69 Å². The van der Waals surface area contributed by atoms with Crippen LogP contribution in [0.5, 0.6) is 0 Å². The van der Waals surface area contributed by atoms with Crippen LogP contribution in [0.15, 0.2) is 6.07 Å². The first-order chi connectivity index (χ1) is 8.83. The van der Waals surface area contributed by atoms with E-state index in [1.807, 2.05) is 6.92 Å².